The molecule has 1 aromatic rings. The molecular formula is C16H24N2O2. The Morgan fingerprint density at radius 1 is 1.40 bits per heavy atom. The van der Waals surface area contributed by atoms with Gasteiger partial charge in [0.15, 0.2) is 0 Å². The number of aryl methyl sites for hydroxylation is 1. The number of carbonyl (C=O) groups excluding carboxylic acids is 1. The number of aliphatic hydroxyl groups excluding tert-OH is 1. The molecule has 1 amide bonds. The number of hydrogen-bond donors (Lipinski definition) is 2. The van der Waals surface area contributed by atoms with Crippen molar-refractivity contribution in [1.82, 2.24) is 10.2 Å². The number of β-amino-alcohol motifs (C(OH)–C–C–N with tert-alkyl or cyclic N) is 1. The highest BCUT2D eigenvalue weighted by Gasteiger charge is 2.24. The lowest BCUT2D eigenvalue weighted by atomic mass is 9.96. The van der Waals surface area contributed by atoms with Crippen LogP contribution in [0.4, 0.5) is 0 Å². The van der Waals surface area contributed by atoms with Crippen LogP contribution >= 0.6 is 0 Å². The summed E-state index contributed by atoms with van der Waals surface area (Å²) in [6, 6.07) is 8.22. The van der Waals surface area contributed by atoms with E-state index < -0.39 is 0 Å². The second kappa shape index (κ2) is 7.41. The second-order valence-corrected chi connectivity index (χ2v) is 5.55. The molecule has 20 heavy (non-hydrogen) atoms. The number of carbonyl (C=O) groups is 1. The molecule has 1 fully saturated rings. The predicted octanol–water partition coefficient (Wildman–Crippen LogP) is 1.32. The van der Waals surface area contributed by atoms with E-state index in [0.717, 1.165) is 38.0 Å². The summed E-state index contributed by atoms with van der Waals surface area (Å²) in [6.07, 6.45) is 1.78. The lowest BCUT2D eigenvalue weighted by Crippen LogP contribution is -2.41. The van der Waals surface area contributed by atoms with Gasteiger partial charge in [-0.25, -0.2) is 0 Å². The summed E-state index contributed by atoms with van der Waals surface area (Å²) in [5.74, 6) is 0.282. The first-order chi connectivity index (χ1) is 9.69. The third kappa shape index (κ3) is 4.32. The number of nitrogens with zero attached hydrogens (tertiary/aromatic N) is 1. The summed E-state index contributed by atoms with van der Waals surface area (Å²) in [4.78, 5) is 14.4. The van der Waals surface area contributed by atoms with Crippen molar-refractivity contribution in [2.75, 3.05) is 26.2 Å². The van der Waals surface area contributed by atoms with Gasteiger partial charge in [-0.3, -0.25) is 4.79 Å². The van der Waals surface area contributed by atoms with Crippen molar-refractivity contribution >= 4 is 5.91 Å². The van der Waals surface area contributed by atoms with Crippen molar-refractivity contribution < 1.29 is 9.90 Å². The van der Waals surface area contributed by atoms with Gasteiger partial charge in [-0.15, -0.1) is 0 Å². The van der Waals surface area contributed by atoms with Gasteiger partial charge in [0.05, 0.1) is 6.61 Å². The molecule has 0 spiro atoms. The standard InChI is InChI=1S/C16H24N2O2/c1-13-3-2-4-14(11-13)12-17-16(20)15-5-7-18(8-6-15)9-10-19/h2-4,11,15,19H,5-10,12H2,1H3,(H,17,20). The van der Waals surface area contributed by atoms with Gasteiger partial charge in [-0.2, -0.15) is 0 Å². The Labute approximate surface area is 120 Å². The normalized spacial score (nSPS) is 17.1. The van der Waals surface area contributed by atoms with Crippen molar-refractivity contribution in [2.24, 2.45) is 5.92 Å². The number of nitrogens with one attached hydrogen (secondary N) is 1. The van der Waals surface area contributed by atoms with Crippen LogP contribution in [0.25, 0.3) is 0 Å². The molecule has 4 heteroatoms. The topological polar surface area (TPSA) is 52.6 Å². The number of aliphatic hydroxyl groups is 1. The molecule has 0 radical (unpaired) electrons. The lowest BCUT2D eigenvalue weighted by Gasteiger charge is -2.30. The van der Waals surface area contributed by atoms with Crippen LogP contribution in [-0.4, -0.2) is 42.2 Å². The fourth-order valence-electron chi connectivity index (χ4n) is 2.72. The lowest BCUT2D eigenvalue weighted by molar-refractivity contribution is -0.126. The van der Waals surface area contributed by atoms with Crippen molar-refractivity contribution in [2.45, 2.75) is 26.3 Å². The van der Waals surface area contributed by atoms with E-state index in [0.29, 0.717) is 6.54 Å². The van der Waals surface area contributed by atoms with Crippen molar-refractivity contribution in [1.29, 1.82) is 0 Å². The van der Waals surface area contributed by atoms with Gasteiger partial charge in [-0.1, -0.05) is 29.8 Å². The minimum atomic E-state index is 0.120. The van der Waals surface area contributed by atoms with Crippen LogP contribution in [0.2, 0.25) is 0 Å². The zero-order valence-electron chi connectivity index (χ0n) is 12.1. The van der Waals surface area contributed by atoms with Gasteiger partial charge >= 0.3 is 0 Å². The van der Waals surface area contributed by atoms with E-state index in [4.69, 9.17) is 5.11 Å². The van der Waals surface area contributed by atoms with Gasteiger partial charge < -0.3 is 15.3 Å². The molecule has 0 saturated carbocycles. The molecule has 110 valence electrons. The summed E-state index contributed by atoms with van der Waals surface area (Å²) >= 11 is 0. The SMILES string of the molecule is Cc1cccc(CNC(=O)C2CCN(CCO)CC2)c1. The van der Waals surface area contributed by atoms with Crippen LogP contribution in [0.5, 0.6) is 0 Å². The van der Waals surface area contributed by atoms with Crippen molar-refractivity contribution in [3.63, 3.8) is 0 Å². The summed E-state index contributed by atoms with van der Waals surface area (Å²) in [7, 11) is 0. The molecule has 1 saturated heterocycles. The molecule has 1 aliphatic heterocycles. The molecule has 0 aromatic heterocycles. The Morgan fingerprint density at radius 2 is 2.15 bits per heavy atom. The predicted molar refractivity (Wildman–Crippen MR) is 79.3 cm³/mol. The van der Waals surface area contributed by atoms with Gasteiger partial charge in [0.25, 0.3) is 0 Å². The first kappa shape index (κ1) is 15.0. The summed E-state index contributed by atoms with van der Waals surface area (Å²) in [6.45, 7) is 5.40. The Morgan fingerprint density at radius 3 is 2.80 bits per heavy atom. The van der Waals surface area contributed by atoms with E-state index in [1.165, 1.54) is 5.56 Å². The van der Waals surface area contributed by atoms with E-state index in [2.05, 4.69) is 29.3 Å². The van der Waals surface area contributed by atoms with Crippen LogP contribution in [-0.2, 0) is 11.3 Å². The number of hydrogen-bond acceptors (Lipinski definition) is 3. The summed E-state index contributed by atoms with van der Waals surface area (Å²) in [5, 5.41) is 11.9. The monoisotopic (exact) mass is 276 g/mol. The minimum Gasteiger partial charge on any atom is -0.395 e. The van der Waals surface area contributed by atoms with Crippen LogP contribution in [0.3, 0.4) is 0 Å². The first-order valence-corrected chi connectivity index (χ1v) is 7.35. The van der Waals surface area contributed by atoms with Crippen LogP contribution in [0, 0.1) is 12.8 Å². The van der Waals surface area contributed by atoms with Gasteiger partial charge in [0.2, 0.25) is 5.91 Å². The van der Waals surface area contributed by atoms with E-state index >= 15 is 0 Å². The maximum atomic E-state index is 12.1. The van der Waals surface area contributed by atoms with Crippen LogP contribution < -0.4 is 5.32 Å². The van der Waals surface area contributed by atoms with E-state index in [9.17, 15) is 4.79 Å². The molecule has 2 rings (SSSR count). The molecule has 0 bridgehead atoms. The Kier molecular flexibility index (Phi) is 5.56. The zero-order valence-corrected chi connectivity index (χ0v) is 12.1. The second-order valence-electron chi connectivity index (χ2n) is 5.55. The quantitative estimate of drug-likeness (QED) is 0.853. The van der Waals surface area contributed by atoms with Gasteiger partial charge in [-0.05, 0) is 38.4 Å². The van der Waals surface area contributed by atoms with E-state index in [1.54, 1.807) is 0 Å². The summed E-state index contributed by atoms with van der Waals surface area (Å²) in [5.41, 5.74) is 2.37. The van der Waals surface area contributed by atoms with Crippen molar-refractivity contribution in [3.05, 3.63) is 35.4 Å². The molecule has 4 nitrogen and oxygen atoms in total. The van der Waals surface area contributed by atoms with Gasteiger partial charge in [0, 0.05) is 19.0 Å². The number of amides is 1. The molecule has 1 heterocycles. The fraction of sp³-hybridized carbons (Fsp3) is 0.562. The van der Waals surface area contributed by atoms with Crippen molar-refractivity contribution in [3.8, 4) is 0 Å². The smallest absolute Gasteiger partial charge is 0.223 e. The van der Waals surface area contributed by atoms with E-state index in [1.807, 2.05) is 12.1 Å². The molecule has 0 aliphatic carbocycles. The summed E-state index contributed by atoms with van der Waals surface area (Å²) < 4.78 is 0. The number of piperidine rings is 1. The average molecular weight is 276 g/mol. The molecule has 0 atom stereocenters. The average Bonchev–Trinajstić information content (AvgIpc) is 2.46. The fourth-order valence-corrected chi connectivity index (χ4v) is 2.72. The molecule has 2 N–H and O–H groups in total. The highest BCUT2D eigenvalue weighted by atomic mass is 16.3. The Hall–Kier alpha value is -1.39. The Balaban J connectivity index is 1.76. The maximum Gasteiger partial charge on any atom is 0.223 e. The third-order valence-corrected chi connectivity index (χ3v) is 3.92. The third-order valence-electron chi connectivity index (χ3n) is 3.92. The highest BCUT2D eigenvalue weighted by Crippen LogP contribution is 2.17. The van der Waals surface area contributed by atoms with Crippen LogP contribution in [0.1, 0.15) is 24.0 Å². The largest absolute Gasteiger partial charge is 0.395 e. The number of likely N-dealkylation sites (tertiary alicyclic amines) is 1. The first-order valence-electron chi connectivity index (χ1n) is 7.35. The highest BCUT2D eigenvalue weighted by molar-refractivity contribution is 5.78. The van der Waals surface area contributed by atoms with Crippen LogP contribution in [0.15, 0.2) is 24.3 Å². The molecule has 1 aliphatic rings. The minimum absolute atomic E-state index is 0.120. The molecule has 1 aromatic carbocycles. The zero-order chi connectivity index (χ0) is 14.4. The maximum absolute atomic E-state index is 12.1. The number of rotatable bonds is 5. The number of benzene rings is 1. The van der Waals surface area contributed by atoms with E-state index in [-0.39, 0.29) is 18.4 Å². The molecule has 0 unspecified atom stereocenters. The van der Waals surface area contributed by atoms with Gasteiger partial charge in [0.1, 0.15) is 0 Å². The molecular weight excluding hydrogens is 252 g/mol. The Bertz CT molecular complexity index is 440.